The van der Waals surface area contributed by atoms with Gasteiger partial charge in [-0.05, 0) is 50.1 Å². The smallest absolute Gasteiger partial charge is 0.262 e. The number of methoxy groups -OCH3 is 1. The Kier molecular flexibility index (Phi) is 9.54. The maximum absolute atomic E-state index is 14.6. The molecule has 0 aromatic heterocycles. The van der Waals surface area contributed by atoms with E-state index in [0.29, 0.717) is 36.2 Å². The van der Waals surface area contributed by atoms with Gasteiger partial charge >= 0.3 is 0 Å². The molecule has 2 aliphatic heterocycles. The van der Waals surface area contributed by atoms with Gasteiger partial charge in [0.05, 0.1) is 19.8 Å². The number of β-amino-alcohol motifs (C(OH)–C–C–N with tert-alkyl or cyclic N) is 1. The van der Waals surface area contributed by atoms with Crippen molar-refractivity contribution in [3.8, 4) is 11.5 Å². The van der Waals surface area contributed by atoms with E-state index in [0.717, 1.165) is 37.1 Å². The van der Waals surface area contributed by atoms with Crippen molar-refractivity contribution in [3.63, 3.8) is 0 Å². The van der Waals surface area contributed by atoms with Crippen LogP contribution in [0.1, 0.15) is 50.8 Å². The molecule has 3 unspecified atom stereocenters. The van der Waals surface area contributed by atoms with Crippen LogP contribution in [-0.2, 0) is 10.5 Å². The summed E-state index contributed by atoms with van der Waals surface area (Å²) in [5, 5.41) is 17.6. The lowest BCUT2D eigenvalue weighted by Gasteiger charge is -2.40. The maximum atomic E-state index is 14.6. The largest absolute Gasteiger partial charge is 0.497 e. The van der Waals surface area contributed by atoms with Crippen LogP contribution in [-0.4, -0.2) is 79.4 Å². The molecule has 2 fully saturated rings. The fourth-order valence-electron chi connectivity index (χ4n) is 5.51. The third-order valence-corrected chi connectivity index (χ3v) is 7.61. The SMILES string of the molecule is CCCC1NC(C(=O)N2CCN(CCO)CC2)(c2ccc(OC)cc2OC(C)C)NC1c1ccc(Cl)cc1. The van der Waals surface area contributed by atoms with Gasteiger partial charge in [-0.25, -0.2) is 0 Å². The van der Waals surface area contributed by atoms with Gasteiger partial charge in [-0.15, -0.1) is 0 Å². The van der Waals surface area contributed by atoms with Crippen LogP contribution < -0.4 is 20.1 Å². The number of nitrogens with one attached hydrogen (secondary N) is 2. The highest BCUT2D eigenvalue weighted by molar-refractivity contribution is 6.30. The van der Waals surface area contributed by atoms with E-state index in [9.17, 15) is 9.90 Å². The molecule has 8 nitrogen and oxygen atoms in total. The minimum absolute atomic E-state index is 0.00908. The summed E-state index contributed by atoms with van der Waals surface area (Å²) in [4.78, 5) is 18.7. The lowest BCUT2D eigenvalue weighted by Crippen LogP contribution is -2.62. The summed E-state index contributed by atoms with van der Waals surface area (Å²) in [5.74, 6) is 1.25. The Bertz CT molecular complexity index is 1070. The number of rotatable bonds is 10. The molecule has 208 valence electrons. The van der Waals surface area contributed by atoms with Gasteiger partial charge in [0, 0.05) is 61.5 Å². The number of ether oxygens (including phenoxy) is 2. The summed E-state index contributed by atoms with van der Waals surface area (Å²) < 4.78 is 11.8. The minimum atomic E-state index is -1.19. The summed E-state index contributed by atoms with van der Waals surface area (Å²) >= 11 is 6.21. The number of hydrogen-bond acceptors (Lipinski definition) is 7. The first-order valence-electron chi connectivity index (χ1n) is 13.6. The Balaban J connectivity index is 1.79. The lowest BCUT2D eigenvalue weighted by atomic mass is 9.95. The molecule has 2 aromatic carbocycles. The monoisotopic (exact) mass is 544 g/mol. The summed E-state index contributed by atoms with van der Waals surface area (Å²) in [7, 11) is 1.63. The van der Waals surface area contributed by atoms with Gasteiger partial charge < -0.3 is 19.5 Å². The average molecular weight is 545 g/mol. The highest BCUT2D eigenvalue weighted by atomic mass is 35.5. The van der Waals surface area contributed by atoms with Crippen LogP contribution in [0.5, 0.6) is 11.5 Å². The molecule has 3 atom stereocenters. The van der Waals surface area contributed by atoms with Crippen LogP contribution in [0.15, 0.2) is 42.5 Å². The second-order valence-corrected chi connectivity index (χ2v) is 10.8. The number of benzene rings is 2. The molecule has 0 saturated carbocycles. The zero-order chi connectivity index (χ0) is 27.3. The molecule has 2 aromatic rings. The second kappa shape index (κ2) is 12.7. The van der Waals surface area contributed by atoms with Gasteiger partial charge in [-0.3, -0.25) is 20.3 Å². The van der Waals surface area contributed by atoms with Crippen molar-refractivity contribution in [2.45, 2.75) is 57.5 Å². The lowest BCUT2D eigenvalue weighted by molar-refractivity contribution is -0.141. The van der Waals surface area contributed by atoms with Crippen molar-refractivity contribution >= 4 is 17.5 Å². The van der Waals surface area contributed by atoms with E-state index >= 15 is 0 Å². The Morgan fingerprint density at radius 3 is 2.45 bits per heavy atom. The van der Waals surface area contributed by atoms with Crippen molar-refractivity contribution in [1.82, 2.24) is 20.4 Å². The first-order valence-corrected chi connectivity index (χ1v) is 14.0. The minimum Gasteiger partial charge on any atom is -0.497 e. The number of halogens is 1. The van der Waals surface area contributed by atoms with E-state index in [2.05, 4.69) is 22.5 Å². The molecule has 2 saturated heterocycles. The number of aliphatic hydroxyl groups excluding tert-OH is 1. The van der Waals surface area contributed by atoms with Crippen LogP contribution in [0, 0.1) is 0 Å². The molecule has 2 aliphatic rings. The highest BCUT2D eigenvalue weighted by Gasteiger charge is 2.54. The van der Waals surface area contributed by atoms with Gasteiger partial charge in [0.15, 0.2) is 5.66 Å². The molecule has 0 spiro atoms. The molecule has 0 bridgehead atoms. The van der Waals surface area contributed by atoms with E-state index in [4.69, 9.17) is 21.1 Å². The van der Waals surface area contributed by atoms with E-state index < -0.39 is 5.66 Å². The highest BCUT2D eigenvalue weighted by Crippen LogP contribution is 2.41. The van der Waals surface area contributed by atoms with Gasteiger partial charge in [0.2, 0.25) is 0 Å². The quantitative estimate of drug-likeness (QED) is 0.422. The van der Waals surface area contributed by atoms with Crippen molar-refractivity contribution in [3.05, 3.63) is 58.6 Å². The van der Waals surface area contributed by atoms with Crippen LogP contribution in [0.3, 0.4) is 0 Å². The standard InChI is InChI=1S/C29H41ClN4O4/c1-5-6-25-27(21-7-9-22(30)10-8-21)32-29(31-25,28(36)34-15-13-33(14-16-34)17-18-35)24-12-11-23(37-4)19-26(24)38-20(2)3/h7-12,19-20,25,27,31-32,35H,5-6,13-18H2,1-4H3. The molecule has 2 heterocycles. The number of piperazine rings is 1. The molecule has 0 aliphatic carbocycles. The van der Waals surface area contributed by atoms with Crippen molar-refractivity contribution in [1.29, 1.82) is 0 Å². The van der Waals surface area contributed by atoms with Crippen molar-refractivity contribution in [2.75, 3.05) is 46.4 Å². The number of nitrogens with zero attached hydrogens (tertiary/aromatic N) is 2. The topological polar surface area (TPSA) is 86.3 Å². The first kappa shape index (κ1) is 28.6. The summed E-state index contributed by atoms with van der Waals surface area (Å²) in [6, 6.07) is 13.4. The predicted octanol–water partition coefficient (Wildman–Crippen LogP) is 3.53. The first-order chi connectivity index (χ1) is 18.3. The molecule has 0 radical (unpaired) electrons. The number of hydrogen-bond donors (Lipinski definition) is 3. The molecular weight excluding hydrogens is 504 g/mol. The zero-order valence-electron chi connectivity index (χ0n) is 22.9. The third kappa shape index (κ3) is 6.10. The molecular formula is C29H41ClN4O4. The molecule has 9 heteroatoms. The average Bonchev–Trinajstić information content (AvgIpc) is 3.29. The van der Waals surface area contributed by atoms with Crippen LogP contribution in [0.2, 0.25) is 5.02 Å². The summed E-state index contributed by atoms with van der Waals surface area (Å²) in [6.07, 6.45) is 1.76. The Morgan fingerprint density at radius 2 is 1.84 bits per heavy atom. The van der Waals surface area contributed by atoms with E-state index in [-0.39, 0.29) is 30.7 Å². The fourth-order valence-corrected chi connectivity index (χ4v) is 5.64. The summed E-state index contributed by atoms with van der Waals surface area (Å²) in [5.41, 5.74) is 0.620. The number of amides is 1. The second-order valence-electron chi connectivity index (χ2n) is 10.3. The van der Waals surface area contributed by atoms with E-state index in [1.807, 2.05) is 61.2 Å². The van der Waals surface area contributed by atoms with Crippen LogP contribution >= 0.6 is 11.6 Å². The molecule has 1 amide bonds. The van der Waals surface area contributed by atoms with Gasteiger partial charge in [0.1, 0.15) is 11.5 Å². The van der Waals surface area contributed by atoms with Gasteiger partial charge in [-0.2, -0.15) is 0 Å². The Morgan fingerprint density at radius 1 is 1.13 bits per heavy atom. The Hall–Kier alpha value is -2.36. The number of aliphatic hydroxyl groups is 1. The normalized spacial score (nSPS) is 24.1. The van der Waals surface area contributed by atoms with Crippen molar-refractivity contribution < 1.29 is 19.4 Å². The zero-order valence-corrected chi connectivity index (χ0v) is 23.6. The van der Waals surface area contributed by atoms with Crippen LogP contribution in [0.25, 0.3) is 0 Å². The third-order valence-electron chi connectivity index (χ3n) is 7.36. The predicted molar refractivity (Wildman–Crippen MR) is 150 cm³/mol. The van der Waals surface area contributed by atoms with Gasteiger partial charge in [-0.1, -0.05) is 37.1 Å². The molecule has 4 rings (SSSR count). The summed E-state index contributed by atoms with van der Waals surface area (Å²) in [6.45, 7) is 9.46. The molecule has 38 heavy (non-hydrogen) atoms. The maximum Gasteiger partial charge on any atom is 0.262 e. The molecule has 3 N–H and O–H groups in total. The van der Waals surface area contributed by atoms with Crippen LogP contribution in [0.4, 0.5) is 0 Å². The van der Waals surface area contributed by atoms with Gasteiger partial charge in [0.25, 0.3) is 5.91 Å². The van der Waals surface area contributed by atoms with E-state index in [1.165, 1.54) is 0 Å². The Labute approximate surface area is 231 Å². The fraction of sp³-hybridized carbons (Fsp3) is 0.552. The number of carbonyl (C=O) groups is 1. The number of carbonyl (C=O) groups excluding carboxylic acids is 1. The van der Waals surface area contributed by atoms with E-state index in [1.54, 1.807) is 7.11 Å². The van der Waals surface area contributed by atoms with Crippen molar-refractivity contribution in [2.24, 2.45) is 0 Å².